The van der Waals surface area contributed by atoms with Crippen LogP contribution < -0.4 is 15.6 Å². The Bertz CT molecular complexity index is 990. The maximum Gasteiger partial charge on any atom is 0.387 e. The van der Waals surface area contributed by atoms with Crippen LogP contribution in [0.25, 0.3) is 4.96 Å². The SMILES string of the molecule is Cc1nnc2sc(SCC(=O)Nc3ccc(OC(F)F)cc3)nn2c1=O. The number of alkyl halides is 2. The van der Waals surface area contributed by atoms with Gasteiger partial charge in [-0.15, -0.1) is 15.3 Å². The number of thioether (sulfide) groups is 1. The van der Waals surface area contributed by atoms with E-state index in [2.05, 4.69) is 25.3 Å². The minimum absolute atomic E-state index is 0.00342. The number of anilines is 1. The minimum atomic E-state index is -2.90. The first-order valence-electron chi connectivity index (χ1n) is 7.13. The van der Waals surface area contributed by atoms with E-state index in [-0.39, 0.29) is 28.7 Å². The van der Waals surface area contributed by atoms with E-state index < -0.39 is 6.61 Å². The first-order valence-corrected chi connectivity index (χ1v) is 8.93. The van der Waals surface area contributed by atoms with Gasteiger partial charge in [0.15, 0.2) is 4.34 Å². The molecular formula is C14H11F2N5O3S2. The van der Waals surface area contributed by atoms with Crippen LogP contribution >= 0.6 is 23.1 Å². The average Bonchev–Trinajstić information content (AvgIpc) is 3.02. The molecule has 0 saturated heterocycles. The molecule has 2 heterocycles. The predicted molar refractivity (Wildman–Crippen MR) is 92.1 cm³/mol. The molecule has 0 aliphatic rings. The molecule has 0 radical (unpaired) electrons. The van der Waals surface area contributed by atoms with Crippen LogP contribution in [0, 0.1) is 6.92 Å². The normalized spacial score (nSPS) is 11.1. The number of ether oxygens (including phenoxy) is 1. The van der Waals surface area contributed by atoms with Crippen LogP contribution in [-0.4, -0.2) is 38.1 Å². The van der Waals surface area contributed by atoms with Crippen molar-refractivity contribution in [3.05, 3.63) is 40.3 Å². The Morgan fingerprint density at radius 1 is 1.35 bits per heavy atom. The smallest absolute Gasteiger partial charge is 0.387 e. The molecule has 0 atom stereocenters. The van der Waals surface area contributed by atoms with Crippen molar-refractivity contribution in [3.8, 4) is 5.75 Å². The monoisotopic (exact) mass is 399 g/mol. The lowest BCUT2D eigenvalue weighted by atomic mass is 10.3. The Labute approximate surface area is 153 Å². The molecule has 1 N–H and O–H groups in total. The van der Waals surface area contributed by atoms with E-state index in [0.717, 1.165) is 27.6 Å². The highest BCUT2D eigenvalue weighted by Crippen LogP contribution is 2.23. The molecule has 0 aliphatic carbocycles. The maximum absolute atomic E-state index is 12.1. The third-order valence-corrected chi connectivity index (χ3v) is 5.05. The molecule has 12 heteroatoms. The second-order valence-electron chi connectivity index (χ2n) is 4.89. The average molecular weight is 399 g/mol. The summed E-state index contributed by atoms with van der Waals surface area (Å²) in [5.41, 5.74) is 0.328. The number of fused-ring (bicyclic) bond motifs is 1. The summed E-state index contributed by atoms with van der Waals surface area (Å²) in [6.07, 6.45) is 0. The van der Waals surface area contributed by atoms with Crippen molar-refractivity contribution in [2.75, 3.05) is 11.1 Å². The molecule has 3 aromatic rings. The van der Waals surface area contributed by atoms with Crippen molar-refractivity contribution in [2.45, 2.75) is 17.9 Å². The molecule has 0 saturated carbocycles. The second-order valence-corrected chi connectivity index (χ2v) is 7.07. The first kappa shape index (κ1) is 18.2. The quantitative estimate of drug-likeness (QED) is 0.635. The summed E-state index contributed by atoms with van der Waals surface area (Å²) >= 11 is 2.29. The number of hydrogen-bond donors (Lipinski definition) is 1. The second kappa shape index (κ2) is 7.74. The zero-order valence-corrected chi connectivity index (χ0v) is 14.8. The summed E-state index contributed by atoms with van der Waals surface area (Å²) in [4.78, 5) is 24.2. The zero-order valence-electron chi connectivity index (χ0n) is 13.2. The number of benzene rings is 1. The Morgan fingerprint density at radius 3 is 2.77 bits per heavy atom. The van der Waals surface area contributed by atoms with Gasteiger partial charge in [-0.05, 0) is 31.2 Å². The number of carbonyl (C=O) groups excluding carboxylic acids is 1. The summed E-state index contributed by atoms with van der Waals surface area (Å²) in [6.45, 7) is -1.36. The zero-order chi connectivity index (χ0) is 18.7. The highest BCUT2D eigenvalue weighted by atomic mass is 32.2. The lowest BCUT2D eigenvalue weighted by Gasteiger charge is -2.07. The predicted octanol–water partition coefficient (Wildman–Crippen LogP) is 2.19. The molecule has 26 heavy (non-hydrogen) atoms. The third-order valence-electron chi connectivity index (χ3n) is 3.02. The van der Waals surface area contributed by atoms with Crippen molar-refractivity contribution in [3.63, 3.8) is 0 Å². The number of halogens is 2. The van der Waals surface area contributed by atoms with Gasteiger partial charge in [-0.25, -0.2) is 0 Å². The van der Waals surface area contributed by atoms with Crippen LogP contribution in [-0.2, 0) is 4.79 Å². The van der Waals surface area contributed by atoms with Gasteiger partial charge in [-0.3, -0.25) is 9.59 Å². The molecule has 8 nitrogen and oxygen atoms in total. The molecule has 0 fully saturated rings. The van der Waals surface area contributed by atoms with Gasteiger partial charge in [0.1, 0.15) is 11.4 Å². The van der Waals surface area contributed by atoms with Crippen LogP contribution in [0.1, 0.15) is 5.69 Å². The van der Waals surface area contributed by atoms with Gasteiger partial charge in [0, 0.05) is 5.69 Å². The van der Waals surface area contributed by atoms with E-state index in [1.165, 1.54) is 24.3 Å². The summed E-state index contributed by atoms with van der Waals surface area (Å²) in [5, 5.41) is 14.3. The standard InChI is InChI=1S/C14H11F2N5O3S2/c1-7-11(23)21-13(19-18-7)26-14(20-21)25-6-10(22)17-8-2-4-9(5-3-8)24-12(15)16/h2-5,12H,6H2,1H3,(H,17,22). The van der Waals surface area contributed by atoms with Gasteiger partial charge >= 0.3 is 6.61 Å². The largest absolute Gasteiger partial charge is 0.435 e. The van der Waals surface area contributed by atoms with Crippen molar-refractivity contribution >= 4 is 39.7 Å². The fourth-order valence-corrected chi connectivity index (χ4v) is 3.55. The van der Waals surface area contributed by atoms with Gasteiger partial charge in [-0.1, -0.05) is 23.1 Å². The number of nitrogens with zero attached hydrogens (tertiary/aromatic N) is 4. The number of carbonyl (C=O) groups is 1. The summed E-state index contributed by atoms with van der Waals surface area (Å²) < 4.78 is 30.1. The minimum Gasteiger partial charge on any atom is -0.435 e. The number of rotatable bonds is 6. The lowest BCUT2D eigenvalue weighted by molar-refractivity contribution is -0.113. The van der Waals surface area contributed by atoms with Gasteiger partial charge in [0.2, 0.25) is 10.9 Å². The molecule has 1 amide bonds. The molecular weight excluding hydrogens is 388 g/mol. The Balaban J connectivity index is 1.59. The fourth-order valence-electron chi connectivity index (χ4n) is 1.88. The third kappa shape index (κ3) is 4.32. The number of amides is 1. The molecule has 0 bridgehead atoms. The molecule has 2 aromatic heterocycles. The van der Waals surface area contributed by atoms with Crippen LogP contribution in [0.5, 0.6) is 5.75 Å². The summed E-state index contributed by atoms with van der Waals surface area (Å²) in [7, 11) is 0. The van der Waals surface area contributed by atoms with Crippen LogP contribution in [0.2, 0.25) is 0 Å². The van der Waals surface area contributed by atoms with Gasteiger partial charge < -0.3 is 10.1 Å². The van der Waals surface area contributed by atoms with Crippen molar-refractivity contribution in [1.29, 1.82) is 0 Å². The fraction of sp³-hybridized carbons (Fsp3) is 0.214. The highest BCUT2D eigenvalue weighted by molar-refractivity contribution is 8.01. The Kier molecular flexibility index (Phi) is 5.42. The van der Waals surface area contributed by atoms with E-state index in [1.807, 2.05) is 0 Å². The van der Waals surface area contributed by atoms with E-state index in [1.54, 1.807) is 6.92 Å². The molecule has 0 unspecified atom stereocenters. The molecule has 0 spiro atoms. The van der Waals surface area contributed by atoms with Crippen LogP contribution in [0.4, 0.5) is 14.5 Å². The van der Waals surface area contributed by atoms with Gasteiger partial charge in [0.05, 0.1) is 5.75 Å². The van der Waals surface area contributed by atoms with Crippen molar-refractivity contribution in [1.82, 2.24) is 19.8 Å². The summed E-state index contributed by atoms with van der Waals surface area (Å²) in [5.74, 6) is -0.258. The summed E-state index contributed by atoms with van der Waals surface area (Å²) in [6, 6.07) is 5.57. The van der Waals surface area contributed by atoms with Gasteiger partial charge in [0.25, 0.3) is 5.56 Å². The molecule has 136 valence electrons. The molecule has 1 aromatic carbocycles. The number of nitrogens with one attached hydrogen (secondary N) is 1. The highest BCUT2D eigenvalue weighted by Gasteiger charge is 2.12. The first-order chi connectivity index (χ1) is 12.4. The topological polar surface area (TPSA) is 98.5 Å². The van der Waals surface area contributed by atoms with Gasteiger partial charge in [-0.2, -0.15) is 13.3 Å². The van der Waals surface area contributed by atoms with E-state index in [9.17, 15) is 18.4 Å². The molecule has 3 rings (SSSR count). The van der Waals surface area contributed by atoms with Crippen LogP contribution in [0.3, 0.4) is 0 Å². The maximum atomic E-state index is 12.1. The number of hydrogen-bond acceptors (Lipinski definition) is 8. The Hall–Kier alpha value is -2.60. The molecule has 0 aliphatic heterocycles. The van der Waals surface area contributed by atoms with Crippen LogP contribution in [0.15, 0.2) is 33.4 Å². The van der Waals surface area contributed by atoms with Crippen molar-refractivity contribution in [2.24, 2.45) is 0 Å². The van der Waals surface area contributed by atoms with Crippen molar-refractivity contribution < 1.29 is 18.3 Å². The number of aromatic nitrogens is 4. The number of aryl methyl sites for hydroxylation is 1. The van der Waals surface area contributed by atoms with E-state index in [0.29, 0.717) is 15.0 Å². The van der Waals surface area contributed by atoms with E-state index >= 15 is 0 Å². The lowest BCUT2D eigenvalue weighted by Crippen LogP contribution is -2.19. The van der Waals surface area contributed by atoms with E-state index in [4.69, 9.17) is 0 Å². The Morgan fingerprint density at radius 2 is 2.08 bits per heavy atom.